The Morgan fingerprint density at radius 1 is 1.19 bits per heavy atom. The maximum Gasteiger partial charge on any atom is 0.310 e. The molecule has 0 bridgehead atoms. The molecule has 4 heteroatoms. The molecule has 4 nitrogen and oxygen atoms in total. The van der Waals surface area contributed by atoms with Gasteiger partial charge in [0.25, 0.3) is 0 Å². The summed E-state index contributed by atoms with van der Waals surface area (Å²) in [4.78, 5) is 13.7. The molecule has 0 aromatic heterocycles. The molecule has 1 saturated heterocycles. The van der Waals surface area contributed by atoms with Crippen LogP contribution in [0.25, 0.3) is 0 Å². The summed E-state index contributed by atoms with van der Waals surface area (Å²) in [6.07, 6.45) is 4.85. The lowest BCUT2D eigenvalue weighted by Gasteiger charge is -2.31. The van der Waals surface area contributed by atoms with E-state index in [4.69, 9.17) is 4.74 Å². The Kier molecular flexibility index (Phi) is 3.82. The highest BCUT2D eigenvalue weighted by Crippen LogP contribution is 2.39. The lowest BCUT2D eigenvalue weighted by atomic mass is 9.85. The molecular formula is C12H21NO3. The minimum absolute atomic E-state index is 0.468. The molecule has 1 aliphatic heterocycles. The third kappa shape index (κ3) is 2.55. The Morgan fingerprint density at radius 3 is 2.62 bits per heavy atom. The van der Waals surface area contributed by atoms with Crippen LogP contribution in [0.4, 0.5) is 0 Å². The highest BCUT2D eigenvalue weighted by Gasteiger charge is 2.42. The number of hydrogen-bond acceptors (Lipinski definition) is 3. The lowest BCUT2D eigenvalue weighted by Crippen LogP contribution is -2.42. The highest BCUT2D eigenvalue weighted by molar-refractivity contribution is 5.75. The van der Waals surface area contributed by atoms with Crippen molar-refractivity contribution < 1.29 is 14.6 Å². The van der Waals surface area contributed by atoms with Gasteiger partial charge >= 0.3 is 5.97 Å². The van der Waals surface area contributed by atoms with E-state index in [-0.39, 0.29) is 0 Å². The monoisotopic (exact) mass is 227 g/mol. The molecule has 16 heavy (non-hydrogen) atoms. The van der Waals surface area contributed by atoms with Gasteiger partial charge in [0.2, 0.25) is 0 Å². The fourth-order valence-electron chi connectivity index (χ4n) is 2.88. The zero-order valence-electron chi connectivity index (χ0n) is 9.78. The van der Waals surface area contributed by atoms with E-state index in [1.54, 1.807) is 0 Å². The molecule has 2 rings (SSSR count). The topological polar surface area (TPSA) is 49.8 Å². The summed E-state index contributed by atoms with van der Waals surface area (Å²) in [6.45, 7) is 4.14. The van der Waals surface area contributed by atoms with Crippen LogP contribution < -0.4 is 0 Å². The molecule has 0 spiro atoms. The molecule has 1 saturated carbocycles. The minimum atomic E-state index is -0.602. The smallest absolute Gasteiger partial charge is 0.310 e. The van der Waals surface area contributed by atoms with Gasteiger partial charge in [-0.1, -0.05) is 12.8 Å². The summed E-state index contributed by atoms with van der Waals surface area (Å²) in [5, 5.41) is 9.41. The lowest BCUT2D eigenvalue weighted by molar-refractivity contribution is -0.149. The van der Waals surface area contributed by atoms with Gasteiger partial charge < -0.3 is 9.84 Å². The maximum absolute atomic E-state index is 11.4. The normalized spacial score (nSPS) is 26.5. The highest BCUT2D eigenvalue weighted by atomic mass is 16.5. The molecule has 2 aliphatic rings. The Labute approximate surface area is 96.6 Å². The van der Waals surface area contributed by atoms with Gasteiger partial charge in [0.15, 0.2) is 0 Å². The van der Waals surface area contributed by atoms with E-state index < -0.39 is 11.4 Å². The van der Waals surface area contributed by atoms with Crippen LogP contribution >= 0.6 is 0 Å². The number of carboxylic acid groups (broad SMARTS) is 1. The first kappa shape index (κ1) is 11.9. The van der Waals surface area contributed by atoms with Gasteiger partial charge in [-0.25, -0.2) is 0 Å². The van der Waals surface area contributed by atoms with Gasteiger partial charge in [0.1, 0.15) is 0 Å². The van der Waals surface area contributed by atoms with E-state index in [1.165, 1.54) is 0 Å². The summed E-state index contributed by atoms with van der Waals surface area (Å²) in [6, 6.07) is 0. The number of hydrogen-bond donors (Lipinski definition) is 1. The van der Waals surface area contributed by atoms with Crippen molar-refractivity contribution in [1.29, 1.82) is 0 Å². The number of ether oxygens (including phenoxy) is 1. The van der Waals surface area contributed by atoms with E-state index in [0.717, 1.165) is 58.4 Å². The van der Waals surface area contributed by atoms with Gasteiger partial charge in [-0.05, 0) is 19.3 Å². The van der Waals surface area contributed by atoms with Crippen molar-refractivity contribution in [1.82, 2.24) is 4.90 Å². The Hall–Kier alpha value is -0.610. The maximum atomic E-state index is 11.4. The molecule has 0 atom stereocenters. The van der Waals surface area contributed by atoms with Crippen molar-refractivity contribution in [2.24, 2.45) is 5.41 Å². The van der Waals surface area contributed by atoms with Crippen molar-refractivity contribution in [2.45, 2.75) is 32.1 Å². The fraction of sp³-hybridized carbons (Fsp3) is 0.917. The van der Waals surface area contributed by atoms with Crippen LogP contribution in [0.5, 0.6) is 0 Å². The quantitative estimate of drug-likeness (QED) is 0.790. The van der Waals surface area contributed by atoms with Gasteiger partial charge in [0, 0.05) is 26.2 Å². The summed E-state index contributed by atoms with van der Waals surface area (Å²) >= 11 is 0. The third-order valence-electron chi connectivity index (χ3n) is 3.86. The number of rotatable bonds is 3. The van der Waals surface area contributed by atoms with E-state index >= 15 is 0 Å². The standard InChI is InChI=1S/C12H21NO3/c14-11(15)12(4-1-2-5-12)10-13-6-3-8-16-9-7-13/h1-10H2,(H,14,15). The average Bonchev–Trinajstić information content (AvgIpc) is 2.58. The summed E-state index contributed by atoms with van der Waals surface area (Å²) in [5.41, 5.74) is -0.468. The molecule has 92 valence electrons. The predicted octanol–water partition coefficient (Wildman–Crippen LogP) is 1.35. The summed E-state index contributed by atoms with van der Waals surface area (Å²) < 4.78 is 5.39. The molecule has 1 aliphatic carbocycles. The number of aliphatic carboxylic acids is 1. The molecule has 0 amide bonds. The molecule has 0 aromatic rings. The molecule has 1 N–H and O–H groups in total. The van der Waals surface area contributed by atoms with Crippen LogP contribution in [0.3, 0.4) is 0 Å². The van der Waals surface area contributed by atoms with Gasteiger partial charge in [-0.2, -0.15) is 0 Å². The SMILES string of the molecule is O=C(O)C1(CN2CCCOCC2)CCCC1. The summed E-state index contributed by atoms with van der Waals surface area (Å²) in [5.74, 6) is -0.602. The van der Waals surface area contributed by atoms with Crippen LogP contribution in [0.15, 0.2) is 0 Å². The second kappa shape index (κ2) is 5.15. The van der Waals surface area contributed by atoms with E-state index in [1.807, 2.05) is 0 Å². The van der Waals surface area contributed by atoms with Crippen molar-refractivity contribution in [3.05, 3.63) is 0 Å². The Balaban J connectivity index is 1.96. The Bertz CT molecular complexity index is 241. The molecule has 0 radical (unpaired) electrons. The first-order chi connectivity index (χ1) is 7.73. The predicted molar refractivity (Wildman–Crippen MR) is 60.4 cm³/mol. The molecule has 2 fully saturated rings. The number of carboxylic acids is 1. The zero-order chi connectivity index (χ0) is 11.4. The average molecular weight is 227 g/mol. The van der Waals surface area contributed by atoms with Crippen LogP contribution in [-0.4, -0.2) is 48.8 Å². The largest absolute Gasteiger partial charge is 0.481 e. The fourth-order valence-corrected chi connectivity index (χ4v) is 2.88. The zero-order valence-corrected chi connectivity index (χ0v) is 9.78. The summed E-state index contributed by atoms with van der Waals surface area (Å²) in [7, 11) is 0. The van der Waals surface area contributed by atoms with Crippen molar-refractivity contribution in [3.63, 3.8) is 0 Å². The van der Waals surface area contributed by atoms with Crippen LogP contribution in [0, 0.1) is 5.41 Å². The second-order valence-electron chi connectivity index (χ2n) is 5.03. The van der Waals surface area contributed by atoms with Crippen LogP contribution in [0.2, 0.25) is 0 Å². The van der Waals surface area contributed by atoms with Gasteiger partial charge in [-0.15, -0.1) is 0 Å². The van der Waals surface area contributed by atoms with E-state index in [0.29, 0.717) is 6.54 Å². The molecular weight excluding hydrogens is 206 g/mol. The third-order valence-corrected chi connectivity index (χ3v) is 3.86. The molecule has 1 heterocycles. The first-order valence-electron chi connectivity index (χ1n) is 6.26. The second-order valence-corrected chi connectivity index (χ2v) is 5.03. The minimum Gasteiger partial charge on any atom is -0.481 e. The van der Waals surface area contributed by atoms with Crippen molar-refractivity contribution >= 4 is 5.97 Å². The van der Waals surface area contributed by atoms with E-state index in [9.17, 15) is 9.90 Å². The first-order valence-corrected chi connectivity index (χ1v) is 6.26. The van der Waals surface area contributed by atoms with Crippen LogP contribution in [-0.2, 0) is 9.53 Å². The number of carbonyl (C=O) groups is 1. The van der Waals surface area contributed by atoms with Crippen molar-refractivity contribution in [2.75, 3.05) is 32.8 Å². The van der Waals surface area contributed by atoms with Crippen LogP contribution in [0.1, 0.15) is 32.1 Å². The van der Waals surface area contributed by atoms with E-state index in [2.05, 4.69) is 4.90 Å². The Morgan fingerprint density at radius 2 is 1.94 bits per heavy atom. The van der Waals surface area contributed by atoms with Crippen molar-refractivity contribution in [3.8, 4) is 0 Å². The molecule has 0 aromatic carbocycles. The number of nitrogens with zero attached hydrogens (tertiary/aromatic N) is 1. The molecule has 0 unspecified atom stereocenters. The van der Waals surface area contributed by atoms with Gasteiger partial charge in [-0.3, -0.25) is 9.69 Å². The van der Waals surface area contributed by atoms with Gasteiger partial charge in [0.05, 0.1) is 12.0 Å².